The average molecular weight is 353 g/mol. The van der Waals surface area contributed by atoms with Crippen LogP contribution in [0.15, 0.2) is 36.8 Å². The average Bonchev–Trinajstić information content (AvgIpc) is 3.14. The molecular formula is C20H27N5O. The normalized spacial score (nSPS) is 21.8. The first-order chi connectivity index (χ1) is 12.7. The molecule has 0 aromatic carbocycles. The predicted octanol–water partition coefficient (Wildman–Crippen LogP) is 2.44. The quantitative estimate of drug-likeness (QED) is 0.850. The van der Waals surface area contributed by atoms with E-state index in [2.05, 4.69) is 24.3 Å². The summed E-state index contributed by atoms with van der Waals surface area (Å²) in [7, 11) is 2.05. The number of likely N-dealkylation sites (tertiary alicyclic amines) is 1. The van der Waals surface area contributed by atoms with E-state index in [4.69, 9.17) is 0 Å². The molecule has 2 aliphatic rings. The molecule has 26 heavy (non-hydrogen) atoms. The first-order valence-electron chi connectivity index (χ1n) is 9.64. The molecular weight excluding hydrogens is 326 g/mol. The van der Waals surface area contributed by atoms with E-state index in [1.807, 2.05) is 43.8 Å². The monoisotopic (exact) mass is 353 g/mol. The van der Waals surface area contributed by atoms with Crippen LogP contribution in [0.2, 0.25) is 0 Å². The third-order valence-corrected chi connectivity index (χ3v) is 5.77. The summed E-state index contributed by atoms with van der Waals surface area (Å²) in [5.74, 6) is 3.02. The van der Waals surface area contributed by atoms with Gasteiger partial charge in [-0.25, -0.2) is 9.97 Å². The van der Waals surface area contributed by atoms with E-state index in [-0.39, 0.29) is 5.92 Å². The van der Waals surface area contributed by atoms with Crippen LogP contribution in [0.4, 0.5) is 5.82 Å². The van der Waals surface area contributed by atoms with E-state index in [1.165, 1.54) is 0 Å². The Morgan fingerprint density at radius 1 is 1.08 bits per heavy atom. The van der Waals surface area contributed by atoms with Crippen LogP contribution < -0.4 is 4.90 Å². The van der Waals surface area contributed by atoms with E-state index >= 15 is 0 Å². The summed E-state index contributed by atoms with van der Waals surface area (Å²) in [5, 5.41) is 0. The van der Waals surface area contributed by atoms with Crippen molar-refractivity contribution in [2.24, 2.45) is 13.0 Å². The third kappa shape index (κ3) is 3.45. The molecule has 1 atom stereocenters. The van der Waals surface area contributed by atoms with Crippen LogP contribution in [0, 0.1) is 5.92 Å². The minimum Gasteiger partial charge on any atom is -0.356 e. The van der Waals surface area contributed by atoms with Crippen molar-refractivity contribution in [1.29, 1.82) is 0 Å². The topological polar surface area (TPSA) is 54.3 Å². The van der Waals surface area contributed by atoms with Gasteiger partial charge in [-0.15, -0.1) is 0 Å². The van der Waals surface area contributed by atoms with Gasteiger partial charge >= 0.3 is 0 Å². The molecule has 6 heteroatoms. The number of hydrogen-bond acceptors (Lipinski definition) is 4. The Morgan fingerprint density at radius 2 is 1.92 bits per heavy atom. The number of imidazole rings is 1. The van der Waals surface area contributed by atoms with E-state index in [9.17, 15) is 4.79 Å². The second-order valence-corrected chi connectivity index (χ2v) is 7.47. The second-order valence-electron chi connectivity index (χ2n) is 7.47. The van der Waals surface area contributed by atoms with Gasteiger partial charge in [0.2, 0.25) is 5.91 Å². The van der Waals surface area contributed by atoms with Crippen molar-refractivity contribution in [3.8, 4) is 0 Å². The summed E-state index contributed by atoms with van der Waals surface area (Å²) in [6, 6.07) is 5.98. The SMILES string of the molecule is Cn1ccnc1C1CCN(C(=O)C2CCCN(c3ccccn3)C2)CC1. The van der Waals surface area contributed by atoms with Crippen LogP contribution in [-0.2, 0) is 11.8 Å². The lowest BCUT2D eigenvalue weighted by Crippen LogP contribution is -2.47. The van der Waals surface area contributed by atoms with Crippen molar-refractivity contribution >= 4 is 11.7 Å². The van der Waals surface area contributed by atoms with Crippen LogP contribution in [0.5, 0.6) is 0 Å². The number of aryl methyl sites for hydroxylation is 1. The van der Waals surface area contributed by atoms with Crippen molar-refractivity contribution in [2.75, 3.05) is 31.1 Å². The number of carbonyl (C=O) groups excluding carboxylic acids is 1. The summed E-state index contributed by atoms with van der Waals surface area (Å²) in [4.78, 5) is 26.3. The largest absolute Gasteiger partial charge is 0.356 e. The van der Waals surface area contributed by atoms with Crippen LogP contribution in [0.1, 0.15) is 37.4 Å². The Kier molecular flexibility index (Phi) is 4.91. The van der Waals surface area contributed by atoms with Gasteiger partial charge in [0.05, 0.1) is 5.92 Å². The maximum atomic E-state index is 13.0. The molecule has 0 aliphatic carbocycles. The number of aromatic nitrogens is 3. The smallest absolute Gasteiger partial charge is 0.227 e. The van der Waals surface area contributed by atoms with Gasteiger partial charge in [-0.05, 0) is 37.8 Å². The number of rotatable bonds is 3. The molecule has 2 aliphatic heterocycles. The number of carbonyl (C=O) groups is 1. The number of nitrogens with zero attached hydrogens (tertiary/aromatic N) is 5. The first-order valence-corrected chi connectivity index (χ1v) is 9.64. The lowest BCUT2D eigenvalue weighted by Gasteiger charge is -2.38. The number of hydrogen-bond donors (Lipinski definition) is 0. The minimum absolute atomic E-state index is 0.0930. The fourth-order valence-corrected chi connectivity index (χ4v) is 4.31. The molecule has 1 amide bonds. The third-order valence-electron chi connectivity index (χ3n) is 5.77. The van der Waals surface area contributed by atoms with Crippen molar-refractivity contribution in [1.82, 2.24) is 19.4 Å². The van der Waals surface area contributed by atoms with Gasteiger partial charge in [-0.2, -0.15) is 0 Å². The van der Waals surface area contributed by atoms with Gasteiger partial charge in [0.15, 0.2) is 0 Å². The van der Waals surface area contributed by atoms with Gasteiger partial charge in [0.1, 0.15) is 11.6 Å². The molecule has 4 heterocycles. The maximum Gasteiger partial charge on any atom is 0.227 e. The maximum absolute atomic E-state index is 13.0. The molecule has 2 aromatic rings. The molecule has 0 bridgehead atoms. The Hall–Kier alpha value is -2.37. The highest BCUT2D eigenvalue weighted by molar-refractivity contribution is 5.80. The van der Waals surface area contributed by atoms with Gasteiger partial charge in [-0.1, -0.05) is 6.07 Å². The zero-order chi connectivity index (χ0) is 17.9. The van der Waals surface area contributed by atoms with Gasteiger partial charge in [-0.3, -0.25) is 4.79 Å². The summed E-state index contributed by atoms with van der Waals surface area (Å²) in [5.41, 5.74) is 0. The van der Waals surface area contributed by atoms with E-state index in [1.54, 1.807) is 0 Å². The highest BCUT2D eigenvalue weighted by Gasteiger charge is 2.32. The molecule has 6 nitrogen and oxygen atoms in total. The standard InChI is InChI=1S/C20H27N5O/c1-23-14-10-22-19(23)16-7-12-24(13-8-16)20(26)17-5-4-11-25(15-17)18-6-2-3-9-21-18/h2-3,6,9-10,14,16-17H,4-5,7-8,11-13,15H2,1H3. The first kappa shape index (κ1) is 17.1. The number of anilines is 1. The molecule has 2 aromatic heterocycles. The Bertz CT molecular complexity index is 736. The number of pyridine rings is 1. The molecule has 0 spiro atoms. The van der Waals surface area contributed by atoms with E-state index in [0.717, 1.165) is 63.5 Å². The van der Waals surface area contributed by atoms with Crippen LogP contribution in [-0.4, -0.2) is 51.5 Å². The van der Waals surface area contributed by atoms with E-state index in [0.29, 0.717) is 11.8 Å². The number of amides is 1. The Balaban J connectivity index is 1.35. The minimum atomic E-state index is 0.0930. The number of piperidine rings is 2. The lowest BCUT2D eigenvalue weighted by atomic mass is 9.92. The fourth-order valence-electron chi connectivity index (χ4n) is 4.31. The molecule has 138 valence electrons. The zero-order valence-electron chi connectivity index (χ0n) is 15.4. The van der Waals surface area contributed by atoms with Crippen LogP contribution >= 0.6 is 0 Å². The van der Waals surface area contributed by atoms with Crippen molar-refractivity contribution in [2.45, 2.75) is 31.6 Å². The lowest BCUT2D eigenvalue weighted by molar-refractivity contribution is -0.136. The second kappa shape index (κ2) is 7.48. The molecule has 2 saturated heterocycles. The Morgan fingerprint density at radius 3 is 2.62 bits per heavy atom. The zero-order valence-corrected chi connectivity index (χ0v) is 15.4. The van der Waals surface area contributed by atoms with Crippen molar-refractivity contribution < 1.29 is 4.79 Å². The van der Waals surface area contributed by atoms with Crippen molar-refractivity contribution in [3.63, 3.8) is 0 Å². The van der Waals surface area contributed by atoms with Gasteiger partial charge in [0.25, 0.3) is 0 Å². The van der Waals surface area contributed by atoms with Crippen molar-refractivity contribution in [3.05, 3.63) is 42.6 Å². The predicted molar refractivity (Wildman–Crippen MR) is 101 cm³/mol. The highest BCUT2D eigenvalue weighted by Crippen LogP contribution is 2.29. The molecule has 0 N–H and O–H groups in total. The van der Waals surface area contributed by atoms with Gasteiger partial charge in [0, 0.05) is 57.7 Å². The summed E-state index contributed by atoms with van der Waals surface area (Å²) >= 11 is 0. The fraction of sp³-hybridized carbons (Fsp3) is 0.550. The molecule has 0 radical (unpaired) electrons. The molecule has 2 fully saturated rings. The molecule has 0 saturated carbocycles. The molecule has 4 rings (SSSR count). The van der Waals surface area contributed by atoms with Crippen LogP contribution in [0.3, 0.4) is 0 Å². The summed E-state index contributed by atoms with van der Waals surface area (Å²) < 4.78 is 2.11. The molecule has 1 unspecified atom stereocenters. The Labute approximate surface area is 154 Å². The summed E-state index contributed by atoms with van der Waals surface area (Å²) in [6.07, 6.45) is 9.74. The van der Waals surface area contributed by atoms with Crippen LogP contribution in [0.25, 0.3) is 0 Å². The van der Waals surface area contributed by atoms with E-state index < -0.39 is 0 Å². The van der Waals surface area contributed by atoms with Gasteiger partial charge < -0.3 is 14.4 Å². The summed E-state index contributed by atoms with van der Waals surface area (Å²) in [6.45, 7) is 3.46. The highest BCUT2D eigenvalue weighted by atomic mass is 16.2.